The van der Waals surface area contributed by atoms with E-state index in [9.17, 15) is 4.11 Å². The van der Waals surface area contributed by atoms with Gasteiger partial charge in [-0.05, 0) is 101 Å². The molecule has 0 saturated heterocycles. The zero-order valence-electron chi connectivity index (χ0n) is 37.5. The van der Waals surface area contributed by atoms with Crippen molar-refractivity contribution in [1.29, 1.82) is 0 Å². The fraction of sp³-hybridized carbons (Fsp3) is 0. The molecule has 0 amide bonds. The number of aromatic nitrogens is 3. The van der Waals surface area contributed by atoms with Crippen LogP contribution in [0.4, 0.5) is 0 Å². The minimum absolute atomic E-state index is 0.0781. The summed E-state index contributed by atoms with van der Waals surface area (Å²) >= 11 is 0. The number of nitrogens with zero attached hydrogens (tertiary/aromatic N) is 3. The first-order valence-electron chi connectivity index (χ1n) is 22.5. The van der Waals surface area contributed by atoms with Crippen LogP contribution in [0.2, 0.25) is 0 Å². The third-order valence-electron chi connectivity index (χ3n) is 11.3. The Morgan fingerprint density at radius 2 is 0.860 bits per heavy atom. The minimum Gasteiger partial charge on any atom is -0.309 e. The van der Waals surface area contributed by atoms with Crippen LogP contribution in [0.3, 0.4) is 0 Å². The zero-order valence-corrected chi connectivity index (χ0v) is 30.5. The molecule has 3 heteroatoms. The first-order valence-corrected chi connectivity index (χ1v) is 19.0. The first kappa shape index (κ1) is 25.5. The molecule has 0 saturated carbocycles. The lowest BCUT2D eigenvalue weighted by Crippen LogP contribution is -1.95. The molecule has 0 aliphatic rings. The van der Waals surface area contributed by atoms with Gasteiger partial charge in [0, 0.05) is 49.4 Å². The molecule has 3 heterocycles. The van der Waals surface area contributed by atoms with Gasteiger partial charge in [-0.1, -0.05) is 133 Å². The molecule has 57 heavy (non-hydrogen) atoms. The van der Waals surface area contributed by atoms with Crippen molar-refractivity contribution in [2.45, 2.75) is 0 Å². The number of benzene rings is 9. The average molecular weight is 733 g/mol. The van der Waals surface area contributed by atoms with Crippen LogP contribution in [0, 0.1) is 0 Å². The van der Waals surface area contributed by atoms with Gasteiger partial charge in [-0.3, -0.25) is 0 Å². The number of fused-ring (bicyclic) bond motifs is 10. The van der Waals surface area contributed by atoms with Crippen molar-refractivity contribution in [2.75, 3.05) is 0 Å². The fourth-order valence-corrected chi connectivity index (χ4v) is 8.80. The van der Waals surface area contributed by atoms with E-state index in [0.717, 1.165) is 66.1 Å². The predicted octanol–water partition coefficient (Wildman–Crippen LogP) is 14.3. The molecular formula is C54H35N3. The van der Waals surface area contributed by atoms with Crippen LogP contribution in [0.5, 0.6) is 0 Å². The molecular weight excluding hydrogens is 691 g/mol. The summed E-state index contributed by atoms with van der Waals surface area (Å²) in [7, 11) is 0. The van der Waals surface area contributed by atoms with Gasteiger partial charge in [0.05, 0.1) is 42.7 Å². The van der Waals surface area contributed by atoms with E-state index in [1.165, 1.54) is 0 Å². The molecule has 0 atom stereocenters. The summed E-state index contributed by atoms with van der Waals surface area (Å²) in [6, 6.07) is 55.3. The lowest BCUT2D eigenvalue weighted by atomic mass is 10.00. The lowest BCUT2D eigenvalue weighted by Gasteiger charge is -2.11. The summed E-state index contributed by atoms with van der Waals surface area (Å²) in [5.41, 5.74) is 9.92. The molecule has 3 aromatic heterocycles. The molecule has 0 radical (unpaired) electrons. The summed E-state index contributed by atoms with van der Waals surface area (Å²) in [5.74, 6) is 0. The van der Waals surface area contributed by atoms with Crippen LogP contribution in [0.1, 0.15) is 9.60 Å². The highest BCUT2D eigenvalue weighted by Crippen LogP contribution is 2.44. The standard InChI is InChI=1S/C54H35N3/c1-4-15-36(16-5-1)37-17-14-22-42(33-37)57-48-26-13-11-24-44(48)53-51(57)32-31-50-54(53)45-29-27-39(35-52(45)56(50)41-20-8-3-9-21-41)38-28-30-49-46(34-38)43-23-10-12-25-47(43)55(49)40-18-6-2-7-19-40/h1-35H/i10D,12D,23D,25D,28D,30D,34D. The molecule has 12 rings (SSSR count). The highest BCUT2D eigenvalue weighted by molar-refractivity contribution is 6.29. The van der Waals surface area contributed by atoms with E-state index in [4.69, 9.17) is 5.48 Å². The monoisotopic (exact) mass is 732 g/mol. The van der Waals surface area contributed by atoms with Crippen molar-refractivity contribution in [3.8, 4) is 39.3 Å². The highest BCUT2D eigenvalue weighted by Gasteiger charge is 2.21. The van der Waals surface area contributed by atoms with E-state index in [1.807, 2.05) is 54.6 Å². The van der Waals surface area contributed by atoms with Gasteiger partial charge in [0.2, 0.25) is 0 Å². The number of para-hydroxylation sites is 4. The van der Waals surface area contributed by atoms with Crippen molar-refractivity contribution in [1.82, 2.24) is 13.7 Å². The average Bonchev–Trinajstić information content (AvgIpc) is 3.99. The molecule has 0 spiro atoms. The second-order valence-corrected chi connectivity index (χ2v) is 14.4. The van der Waals surface area contributed by atoms with E-state index in [0.29, 0.717) is 11.3 Å². The van der Waals surface area contributed by atoms with E-state index >= 15 is 0 Å². The molecule has 0 aliphatic carbocycles. The minimum atomic E-state index is -0.419. The van der Waals surface area contributed by atoms with Gasteiger partial charge in [0.1, 0.15) is 0 Å². The SMILES string of the molecule is [2H]c1c([2H])c([2H])c2c(c1[2H])c1c([2H])c(-c3ccc4c5c6c7ccccc7n(-c7cccc(-c8ccccc8)c7)c6ccc5n(-c5ccccc5)c4c3)c([2H])c([2H])c1n2-c1ccccc1. The van der Waals surface area contributed by atoms with Gasteiger partial charge < -0.3 is 13.7 Å². The molecule has 0 N–H and O–H groups in total. The number of hydrogen-bond donors (Lipinski definition) is 0. The van der Waals surface area contributed by atoms with Crippen molar-refractivity contribution in [2.24, 2.45) is 0 Å². The number of rotatable bonds is 5. The molecule has 0 bridgehead atoms. The maximum Gasteiger partial charge on any atom is 0.0645 e. The normalized spacial score (nSPS) is 13.6. The Balaban J connectivity index is 1.17. The molecule has 0 aliphatic heterocycles. The van der Waals surface area contributed by atoms with E-state index in [-0.39, 0.29) is 57.6 Å². The molecule has 266 valence electrons. The Morgan fingerprint density at radius 3 is 1.61 bits per heavy atom. The third kappa shape index (κ3) is 4.79. The van der Waals surface area contributed by atoms with Crippen molar-refractivity contribution in [3.05, 3.63) is 212 Å². The van der Waals surface area contributed by atoms with Gasteiger partial charge >= 0.3 is 0 Å². The smallest absolute Gasteiger partial charge is 0.0645 e. The van der Waals surface area contributed by atoms with Gasteiger partial charge in [-0.15, -0.1) is 0 Å². The lowest BCUT2D eigenvalue weighted by molar-refractivity contribution is 1.17. The molecule has 3 nitrogen and oxygen atoms in total. The quantitative estimate of drug-likeness (QED) is 0.167. The highest BCUT2D eigenvalue weighted by atomic mass is 15.0. The summed E-state index contributed by atoms with van der Waals surface area (Å²) in [6.07, 6.45) is 0. The van der Waals surface area contributed by atoms with Crippen LogP contribution >= 0.6 is 0 Å². The third-order valence-corrected chi connectivity index (χ3v) is 11.3. The van der Waals surface area contributed by atoms with E-state index in [1.54, 1.807) is 16.7 Å². The Hall–Kier alpha value is -7.62. The van der Waals surface area contributed by atoms with Crippen LogP contribution in [-0.4, -0.2) is 13.7 Å². The van der Waals surface area contributed by atoms with Gasteiger partial charge in [0.15, 0.2) is 0 Å². The fourth-order valence-electron chi connectivity index (χ4n) is 8.80. The Labute approximate surface area is 339 Å². The first-order chi connectivity index (χ1) is 31.2. The summed E-state index contributed by atoms with van der Waals surface area (Å²) in [4.78, 5) is 0. The van der Waals surface area contributed by atoms with E-state index < -0.39 is 12.1 Å². The second kappa shape index (κ2) is 12.5. The zero-order chi connectivity index (χ0) is 43.5. The van der Waals surface area contributed by atoms with Crippen LogP contribution in [0.15, 0.2) is 212 Å². The summed E-state index contributed by atoms with van der Waals surface area (Å²) < 4.78 is 70.5. The van der Waals surface area contributed by atoms with Crippen LogP contribution in [0.25, 0.3) is 105 Å². The molecule has 9 aromatic carbocycles. The van der Waals surface area contributed by atoms with E-state index in [2.05, 4.69) is 112 Å². The van der Waals surface area contributed by atoms with Crippen molar-refractivity contribution < 1.29 is 9.60 Å². The topological polar surface area (TPSA) is 14.8 Å². The molecule has 0 fully saturated rings. The largest absolute Gasteiger partial charge is 0.309 e. The Kier molecular flexibility index (Phi) is 5.56. The van der Waals surface area contributed by atoms with Crippen molar-refractivity contribution >= 4 is 65.4 Å². The van der Waals surface area contributed by atoms with Gasteiger partial charge in [-0.25, -0.2) is 0 Å². The van der Waals surface area contributed by atoms with Crippen LogP contribution < -0.4 is 0 Å². The maximum atomic E-state index is 9.87. The maximum absolute atomic E-state index is 9.87. The van der Waals surface area contributed by atoms with Crippen LogP contribution in [-0.2, 0) is 0 Å². The Bertz CT molecular complexity index is 3910. The predicted molar refractivity (Wildman–Crippen MR) is 240 cm³/mol. The molecule has 12 aromatic rings. The number of hydrogen-bond acceptors (Lipinski definition) is 0. The summed E-state index contributed by atoms with van der Waals surface area (Å²) in [5, 5.41) is 4.61. The summed E-state index contributed by atoms with van der Waals surface area (Å²) in [6.45, 7) is 0. The van der Waals surface area contributed by atoms with Gasteiger partial charge in [0.25, 0.3) is 0 Å². The van der Waals surface area contributed by atoms with Gasteiger partial charge in [-0.2, -0.15) is 0 Å². The molecule has 0 unspecified atom stereocenters. The van der Waals surface area contributed by atoms with Crippen molar-refractivity contribution in [3.63, 3.8) is 0 Å². The Morgan fingerprint density at radius 1 is 0.298 bits per heavy atom. The second-order valence-electron chi connectivity index (χ2n) is 14.4.